The van der Waals surface area contributed by atoms with Crippen molar-refractivity contribution in [3.8, 4) is 0 Å². The van der Waals surface area contributed by atoms with Gasteiger partial charge in [-0.1, -0.05) is 54.1 Å². The topological polar surface area (TPSA) is 12.0 Å². The van der Waals surface area contributed by atoms with Gasteiger partial charge in [0.05, 0.1) is 6.04 Å². The minimum Gasteiger partial charge on any atom is -0.378 e. The number of fused-ring (bicyclic) bond motifs is 1. The molecule has 0 fully saturated rings. The van der Waals surface area contributed by atoms with Crippen molar-refractivity contribution in [2.45, 2.75) is 25.3 Å². The summed E-state index contributed by atoms with van der Waals surface area (Å²) in [5, 5.41) is 4.41. The Bertz CT molecular complexity index is 633. The molecule has 102 valence electrons. The van der Waals surface area contributed by atoms with Gasteiger partial charge in [0.25, 0.3) is 0 Å². The van der Waals surface area contributed by atoms with Crippen molar-refractivity contribution in [1.82, 2.24) is 0 Å². The van der Waals surface area contributed by atoms with Crippen molar-refractivity contribution in [2.75, 3.05) is 5.32 Å². The highest BCUT2D eigenvalue weighted by Crippen LogP contribution is 2.43. The summed E-state index contributed by atoms with van der Waals surface area (Å²) < 4.78 is 0. The Morgan fingerprint density at radius 1 is 1.20 bits per heavy atom. The second-order valence-electron chi connectivity index (χ2n) is 5.47. The Hall–Kier alpha value is -1.73. The molecule has 0 spiro atoms. The lowest BCUT2D eigenvalue weighted by Crippen LogP contribution is -2.22. The van der Waals surface area contributed by atoms with E-state index < -0.39 is 0 Å². The van der Waals surface area contributed by atoms with Gasteiger partial charge in [-0.25, -0.2) is 0 Å². The van der Waals surface area contributed by atoms with E-state index in [-0.39, 0.29) is 0 Å². The van der Waals surface area contributed by atoms with Crippen molar-refractivity contribution < 1.29 is 0 Å². The lowest BCUT2D eigenvalue weighted by Gasteiger charge is -2.34. The number of anilines is 1. The first-order valence-electron chi connectivity index (χ1n) is 6.91. The number of benzene rings is 2. The van der Waals surface area contributed by atoms with Crippen LogP contribution in [0.2, 0.25) is 5.02 Å². The van der Waals surface area contributed by atoms with Crippen molar-refractivity contribution in [3.05, 3.63) is 76.8 Å². The molecule has 0 amide bonds. The van der Waals surface area contributed by atoms with E-state index in [1.165, 1.54) is 22.4 Å². The maximum Gasteiger partial charge on any atom is 0.0522 e. The summed E-state index contributed by atoms with van der Waals surface area (Å²) in [5.74, 6) is 0.357. The van der Waals surface area contributed by atoms with Gasteiger partial charge in [0.2, 0.25) is 0 Å². The number of nitrogens with one attached hydrogen (secondary N) is 1. The van der Waals surface area contributed by atoms with Gasteiger partial charge in [-0.3, -0.25) is 0 Å². The smallest absolute Gasteiger partial charge is 0.0522 e. The van der Waals surface area contributed by atoms with Crippen LogP contribution in [-0.4, -0.2) is 0 Å². The normalized spacial score (nSPS) is 20.9. The summed E-state index contributed by atoms with van der Waals surface area (Å²) in [4.78, 5) is 0. The average molecular weight is 284 g/mol. The van der Waals surface area contributed by atoms with Gasteiger partial charge >= 0.3 is 0 Å². The Balaban J connectivity index is 2.01. The number of hydrogen-bond donors (Lipinski definition) is 1. The van der Waals surface area contributed by atoms with E-state index in [9.17, 15) is 0 Å². The number of rotatable bonds is 2. The summed E-state index contributed by atoms with van der Waals surface area (Å²) in [6.45, 7) is 6.26. The molecule has 20 heavy (non-hydrogen) atoms. The highest BCUT2D eigenvalue weighted by Gasteiger charge is 2.27. The molecule has 1 heterocycles. The largest absolute Gasteiger partial charge is 0.378 e. The number of halogens is 1. The Morgan fingerprint density at radius 2 is 1.95 bits per heavy atom. The maximum absolute atomic E-state index is 6.14. The fourth-order valence-corrected chi connectivity index (χ4v) is 3.11. The molecular formula is C18H18ClN. The first kappa shape index (κ1) is 13.3. The van der Waals surface area contributed by atoms with Gasteiger partial charge in [0.1, 0.15) is 0 Å². The van der Waals surface area contributed by atoms with Crippen LogP contribution in [-0.2, 0) is 0 Å². The molecule has 0 aromatic heterocycles. The number of hydrogen-bond acceptors (Lipinski definition) is 1. The van der Waals surface area contributed by atoms with Crippen LogP contribution in [0, 0.1) is 0 Å². The van der Waals surface area contributed by atoms with Crippen LogP contribution in [0.25, 0.3) is 0 Å². The third-order valence-electron chi connectivity index (χ3n) is 3.99. The van der Waals surface area contributed by atoms with Gasteiger partial charge < -0.3 is 5.32 Å². The molecule has 3 rings (SSSR count). The zero-order valence-electron chi connectivity index (χ0n) is 11.6. The van der Waals surface area contributed by atoms with Gasteiger partial charge in [-0.15, -0.1) is 0 Å². The molecule has 2 aromatic carbocycles. The Kier molecular flexibility index (Phi) is 3.54. The minimum atomic E-state index is 0.326. The van der Waals surface area contributed by atoms with Crippen molar-refractivity contribution in [3.63, 3.8) is 0 Å². The van der Waals surface area contributed by atoms with E-state index >= 15 is 0 Å². The molecule has 1 nitrogen and oxygen atoms in total. The van der Waals surface area contributed by atoms with Crippen LogP contribution < -0.4 is 5.32 Å². The second-order valence-corrected chi connectivity index (χ2v) is 5.91. The monoisotopic (exact) mass is 283 g/mol. The molecule has 0 unspecified atom stereocenters. The molecule has 0 saturated heterocycles. The van der Waals surface area contributed by atoms with E-state index in [2.05, 4.69) is 61.3 Å². The number of allylic oxidation sites excluding steroid dienone is 1. The summed E-state index contributed by atoms with van der Waals surface area (Å²) in [7, 11) is 0. The first-order chi connectivity index (χ1) is 9.65. The predicted octanol–water partition coefficient (Wildman–Crippen LogP) is 5.56. The van der Waals surface area contributed by atoms with E-state index in [1.54, 1.807) is 0 Å². The lowest BCUT2D eigenvalue weighted by molar-refractivity contribution is 0.597. The average Bonchev–Trinajstić information content (AvgIpc) is 2.47. The van der Waals surface area contributed by atoms with Crippen LogP contribution in [0.4, 0.5) is 5.69 Å². The van der Waals surface area contributed by atoms with Crippen LogP contribution in [0.5, 0.6) is 0 Å². The van der Waals surface area contributed by atoms with Gasteiger partial charge in [-0.05, 0) is 42.7 Å². The molecule has 2 heteroatoms. The van der Waals surface area contributed by atoms with E-state index in [0.717, 1.165) is 11.4 Å². The van der Waals surface area contributed by atoms with E-state index in [0.29, 0.717) is 12.0 Å². The summed E-state index contributed by atoms with van der Waals surface area (Å²) in [6, 6.07) is 17.0. The second kappa shape index (κ2) is 5.34. The van der Waals surface area contributed by atoms with Gasteiger partial charge in [-0.2, -0.15) is 0 Å². The molecule has 1 N–H and O–H groups in total. The molecule has 0 radical (unpaired) electrons. The summed E-state index contributed by atoms with van der Waals surface area (Å²) >= 11 is 6.14. The highest BCUT2D eigenvalue weighted by atomic mass is 35.5. The fraction of sp³-hybridized carbons (Fsp3) is 0.222. The molecule has 0 bridgehead atoms. The molecule has 1 aliphatic rings. The summed E-state index contributed by atoms with van der Waals surface area (Å²) in [6.07, 6.45) is 1.02. The van der Waals surface area contributed by atoms with E-state index in [4.69, 9.17) is 11.6 Å². The zero-order chi connectivity index (χ0) is 14.1. The molecule has 1 aliphatic heterocycles. The molecule has 2 atom stereocenters. The fourth-order valence-electron chi connectivity index (χ4n) is 2.93. The molecular weight excluding hydrogens is 266 g/mol. The standard InChI is InChI=1S/C18H18ClN/c1-12(2)15-11-18(13-6-4-3-5-7-13)20-17-9-8-14(19)10-16(15)17/h3-10,15,18,20H,1,11H2,2H3/t15-,18-/m0/s1. The van der Waals surface area contributed by atoms with Crippen LogP contribution >= 0.6 is 11.6 Å². The highest BCUT2D eigenvalue weighted by molar-refractivity contribution is 6.30. The quantitative estimate of drug-likeness (QED) is 0.712. The Labute approximate surface area is 125 Å². The van der Waals surface area contributed by atoms with Crippen LogP contribution in [0.3, 0.4) is 0 Å². The Morgan fingerprint density at radius 3 is 2.65 bits per heavy atom. The molecule has 2 aromatic rings. The molecule has 0 saturated carbocycles. The first-order valence-corrected chi connectivity index (χ1v) is 7.29. The van der Waals surface area contributed by atoms with E-state index in [1.807, 2.05) is 6.07 Å². The van der Waals surface area contributed by atoms with Crippen molar-refractivity contribution in [1.29, 1.82) is 0 Å². The predicted molar refractivity (Wildman–Crippen MR) is 86.4 cm³/mol. The molecule has 0 aliphatic carbocycles. The SMILES string of the molecule is C=C(C)[C@@H]1C[C@@H](c2ccccc2)Nc2ccc(Cl)cc21. The lowest BCUT2D eigenvalue weighted by atomic mass is 9.81. The summed E-state index contributed by atoms with van der Waals surface area (Å²) in [5.41, 5.74) is 4.94. The minimum absolute atomic E-state index is 0.326. The van der Waals surface area contributed by atoms with Gasteiger partial charge in [0.15, 0.2) is 0 Å². The van der Waals surface area contributed by atoms with Crippen molar-refractivity contribution in [2.24, 2.45) is 0 Å². The van der Waals surface area contributed by atoms with Crippen molar-refractivity contribution >= 4 is 17.3 Å². The van der Waals surface area contributed by atoms with Gasteiger partial charge in [0, 0.05) is 16.6 Å². The third kappa shape index (κ3) is 2.46. The third-order valence-corrected chi connectivity index (χ3v) is 4.22. The maximum atomic E-state index is 6.14. The zero-order valence-corrected chi connectivity index (χ0v) is 12.3. The van der Waals surface area contributed by atoms with Crippen LogP contribution in [0.1, 0.15) is 36.4 Å². The van der Waals surface area contributed by atoms with Crippen LogP contribution in [0.15, 0.2) is 60.7 Å².